The first-order valence-corrected chi connectivity index (χ1v) is 4.63. The van der Waals surface area contributed by atoms with Crippen LogP contribution in [0.15, 0.2) is 12.1 Å². The molecular formula is C10H10O4. The number of hydrogen-bond acceptors (Lipinski definition) is 4. The molecule has 0 aromatic heterocycles. The first kappa shape index (κ1) is 7.79. The third-order valence-electron chi connectivity index (χ3n) is 2.21. The van der Waals surface area contributed by atoms with Gasteiger partial charge in [0.25, 0.3) is 0 Å². The lowest BCUT2D eigenvalue weighted by atomic mass is 10.2. The maximum Gasteiger partial charge on any atom is 0.165 e. The lowest BCUT2D eigenvalue weighted by Gasteiger charge is -2.23. The molecule has 14 heavy (non-hydrogen) atoms. The summed E-state index contributed by atoms with van der Waals surface area (Å²) in [6.45, 7) is 2.36. The molecule has 2 aliphatic heterocycles. The molecule has 2 aliphatic rings. The fourth-order valence-electron chi connectivity index (χ4n) is 1.58. The summed E-state index contributed by atoms with van der Waals surface area (Å²) < 4.78 is 21.7. The molecule has 2 heterocycles. The Morgan fingerprint density at radius 2 is 0.857 bits per heavy atom. The van der Waals surface area contributed by atoms with Gasteiger partial charge in [-0.2, -0.15) is 0 Å². The van der Waals surface area contributed by atoms with Crippen molar-refractivity contribution in [3.05, 3.63) is 12.1 Å². The average Bonchev–Trinajstić information content (AvgIpc) is 2.26. The van der Waals surface area contributed by atoms with E-state index in [1.165, 1.54) is 0 Å². The highest BCUT2D eigenvalue weighted by Crippen LogP contribution is 2.41. The van der Waals surface area contributed by atoms with Crippen molar-refractivity contribution in [3.8, 4) is 23.0 Å². The van der Waals surface area contributed by atoms with Crippen molar-refractivity contribution in [3.63, 3.8) is 0 Å². The summed E-state index contributed by atoms with van der Waals surface area (Å²) in [4.78, 5) is 0. The molecule has 0 radical (unpaired) electrons. The van der Waals surface area contributed by atoms with Crippen molar-refractivity contribution >= 4 is 0 Å². The smallest absolute Gasteiger partial charge is 0.165 e. The SMILES string of the molecule is c1c2c(cc3c1OCCO3)OCCO2. The van der Waals surface area contributed by atoms with E-state index in [-0.39, 0.29) is 0 Å². The molecule has 1 aromatic carbocycles. The van der Waals surface area contributed by atoms with Crippen LogP contribution in [0.1, 0.15) is 0 Å². The number of fused-ring (bicyclic) bond motifs is 2. The summed E-state index contributed by atoms with van der Waals surface area (Å²) in [5, 5.41) is 0. The summed E-state index contributed by atoms with van der Waals surface area (Å²) in [6, 6.07) is 3.64. The van der Waals surface area contributed by atoms with Gasteiger partial charge in [-0.15, -0.1) is 0 Å². The van der Waals surface area contributed by atoms with Crippen LogP contribution in [0.4, 0.5) is 0 Å². The van der Waals surface area contributed by atoms with Gasteiger partial charge in [-0.3, -0.25) is 0 Å². The molecule has 0 saturated heterocycles. The summed E-state index contributed by atoms with van der Waals surface area (Å²) in [7, 11) is 0. The summed E-state index contributed by atoms with van der Waals surface area (Å²) in [5.41, 5.74) is 0. The lowest BCUT2D eigenvalue weighted by Crippen LogP contribution is -2.18. The highest BCUT2D eigenvalue weighted by Gasteiger charge is 2.19. The zero-order valence-corrected chi connectivity index (χ0v) is 7.62. The van der Waals surface area contributed by atoms with Crippen LogP contribution in [0.3, 0.4) is 0 Å². The minimum atomic E-state index is 0.590. The highest BCUT2D eigenvalue weighted by atomic mass is 16.6. The second kappa shape index (κ2) is 2.97. The molecule has 4 nitrogen and oxygen atoms in total. The molecule has 0 saturated carbocycles. The Hall–Kier alpha value is -1.58. The van der Waals surface area contributed by atoms with E-state index < -0.39 is 0 Å². The van der Waals surface area contributed by atoms with Crippen LogP contribution in [0.5, 0.6) is 23.0 Å². The highest BCUT2D eigenvalue weighted by molar-refractivity contribution is 5.55. The Kier molecular flexibility index (Phi) is 1.65. The molecule has 1 aromatic rings. The maximum absolute atomic E-state index is 5.43. The topological polar surface area (TPSA) is 36.9 Å². The Morgan fingerprint density at radius 3 is 1.14 bits per heavy atom. The van der Waals surface area contributed by atoms with Crippen LogP contribution in [0, 0.1) is 0 Å². The lowest BCUT2D eigenvalue weighted by molar-refractivity contribution is 0.153. The summed E-state index contributed by atoms with van der Waals surface area (Å²) in [5.74, 6) is 2.95. The van der Waals surface area contributed by atoms with Crippen molar-refractivity contribution in [2.45, 2.75) is 0 Å². The monoisotopic (exact) mass is 194 g/mol. The van der Waals surface area contributed by atoms with Gasteiger partial charge in [0.2, 0.25) is 0 Å². The molecule has 0 spiro atoms. The molecule has 3 rings (SSSR count). The van der Waals surface area contributed by atoms with Crippen molar-refractivity contribution < 1.29 is 18.9 Å². The molecular weight excluding hydrogens is 184 g/mol. The molecule has 0 fully saturated rings. The number of benzene rings is 1. The van der Waals surface area contributed by atoms with E-state index in [0.29, 0.717) is 26.4 Å². The Bertz CT molecular complexity index is 295. The molecule has 0 bridgehead atoms. The van der Waals surface area contributed by atoms with Crippen molar-refractivity contribution in [1.29, 1.82) is 0 Å². The van der Waals surface area contributed by atoms with Crippen molar-refractivity contribution in [1.82, 2.24) is 0 Å². The zero-order valence-electron chi connectivity index (χ0n) is 7.62. The third-order valence-corrected chi connectivity index (χ3v) is 2.21. The third kappa shape index (κ3) is 1.14. The molecule has 0 unspecified atom stereocenters. The van der Waals surface area contributed by atoms with Gasteiger partial charge in [0.15, 0.2) is 23.0 Å². The largest absolute Gasteiger partial charge is 0.486 e. The maximum atomic E-state index is 5.43. The van der Waals surface area contributed by atoms with Gasteiger partial charge in [-0.1, -0.05) is 0 Å². The normalized spacial score (nSPS) is 17.7. The van der Waals surface area contributed by atoms with Crippen LogP contribution in [0.25, 0.3) is 0 Å². The Balaban J connectivity index is 2.06. The van der Waals surface area contributed by atoms with Gasteiger partial charge >= 0.3 is 0 Å². The molecule has 0 aliphatic carbocycles. The second-order valence-electron chi connectivity index (χ2n) is 3.14. The molecule has 74 valence electrons. The number of hydrogen-bond donors (Lipinski definition) is 0. The Morgan fingerprint density at radius 1 is 0.571 bits per heavy atom. The van der Waals surface area contributed by atoms with Crippen molar-refractivity contribution in [2.24, 2.45) is 0 Å². The van der Waals surface area contributed by atoms with Crippen LogP contribution in [-0.2, 0) is 0 Å². The Labute approximate surface area is 81.3 Å². The van der Waals surface area contributed by atoms with E-state index in [1.807, 2.05) is 12.1 Å². The number of rotatable bonds is 0. The first-order chi connectivity index (χ1) is 6.93. The van der Waals surface area contributed by atoms with E-state index in [4.69, 9.17) is 18.9 Å². The average molecular weight is 194 g/mol. The van der Waals surface area contributed by atoms with E-state index in [1.54, 1.807) is 0 Å². The van der Waals surface area contributed by atoms with Crippen molar-refractivity contribution in [2.75, 3.05) is 26.4 Å². The predicted molar refractivity (Wildman–Crippen MR) is 48.4 cm³/mol. The first-order valence-electron chi connectivity index (χ1n) is 4.63. The number of ether oxygens (including phenoxy) is 4. The molecule has 0 atom stereocenters. The second-order valence-corrected chi connectivity index (χ2v) is 3.14. The van der Waals surface area contributed by atoms with E-state index in [0.717, 1.165) is 23.0 Å². The van der Waals surface area contributed by atoms with Gasteiger partial charge < -0.3 is 18.9 Å². The molecule has 0 N–H and O–H groups in total. The van der Waals surface area contributed by atoms with Gasteiger partial charge in [0.05, 0.1) is 0 Å². The van der Waals surface area contributed by atoms with E-state index >= 15 is 0 Å². The molecule has 4 heteroatoms. The minimum Gasteiger partial charge on any atom is -0.486 e. The van der Waals surface area contributed by atoms with E-state index in [9.17, 15) is 0 Å². The van der Waals surface area contributed by atoms with E-state index in [2.05, 4.69) is 0 Å². The minimum absolute atomic E-state index is 0.590. The van der Waals surface area contributed by atoms with Gasteiger partial charge in [0, 0.05) is 12.1 Å². The van der Waals surface area contributed by atoms with Crippen LogP contribution >= 0.6 is 0 Å². The van der Waals surface area contributed by atoms with Gasteiger partial charge in [-0.05, 0) is 0 Å². The fraction of sp³-hybridized carbons (Fsp3) is 0.400. The summed E-state index contributed by atoms with van der Waals surface area (Å²) in [6.07, 6.45) is 0. The van der Waals surface area contributed by atoms with Crippen LogP contribution in [0.2, 0.25) is 0 Å². The van der Waals surface area contributed by atoms with Crippen LogP contribution in [-0.4, -0.2) is 26.4 Å². The molecule has 0 amide bonds. The fourth-order valence-corrected chi connectivity index (χ4v) is 1.58. The van der Waals surface area contributed by atoms with Crippen LogP contribution < -0.4 is 18.9 Å². The van der Waals surface area contributed by atoms with Gasteiger partial charge in [0.1, 0.15) is 26.4 Å². The zero-order chi connectivity index (χ0) is 9.38. The van der Waals surface area contributed by atoms with Gasteiger partial charge in [-0.25, -0.2) is 0 Å². The summed E-state index contributed by atoms with van der Waals surface area (Å²) >= 11 is 0. The quantitative estimate of drug-likeness (QED) is 0.622. The predicted octanol–water partition coefficient (Wildman–Crippen LogP) is 1.23. The standard InChI is InChI=1S/C10H10O4/c1-2-12-8-6-10-9(5-7(8)11-1)13-3-4-14-10/h5-6H,1-4H2.